The van der Waals surface area contributed by atoms with Crippen molar-refractivity contribution in [3.63, 3.8) is 0 Å². The van der Waals surface area contributed by atoms with Crippen LogP contribution in [0, 0.1) is 0 Å². The minimum absolute atomic E-state index is 0.164. The molecular formula is C9H20N2O3. The van der Waals surface area contributed by atoms with E-state index in [4.69, 9.17) is 10.6 Å². The van der Waals surface area contributed by atoms with Crippen LogP contribution < -0.4 is 11.2 Å². The number of carbonyl (C=O) groups is 1. The van der Waals surface area contributed by atoms with Gasteiger partial charge in [0.15, 0.2) is 0 Å². The summed E-state index contributed by atoms with van der Waals surface area (Å²) in [5.74, 6) is 5.00. The Balaban J connectivity index is 3.74. The Kier molecular flexibility index (Phi) is 5.49. The monoisotopic (exact) mass is 204 g/mol. The molecule has 0 spiro atoms. The summed E-state index contributed by atoms with van der Waals surface area (Å²) in [5.41, 5.74) is -0.477. The number of ether oxygens (including phenoxy) is 1. The SMILES string of the molecule is CC[C@H](CNC(=O)OC(C)(C)C)ON. The van der Waals surface area contributed by atoms with E-state index < -0.39 is 11.7 Å². The van der Waals surface area contributed by atoms with Gasteiger partial charge in [-0.15, -0.1) is 0 Å². The molecule has 0 aliphatic rings. The van der Waals surface area contributed by atoms with Crippen molar-refractivity contribution in [2.75, 3.05) is 6.54 Å². The van der Waals surface area contributed by atoms with Gasteiger partial charge in [-0.05, 0) is 27.2 Å². The zero-order valence-electron chi connectivity index (χ0n) is 9.29. The Morgan fingerprint density at radius 3 is 2.43 bits per heavy atom. The normalized spacial score (nSPS) is 13.5. The van der Waals surface area contributed by atoms with Gasteiger partial charge in [0.25, 0.3) is 0 Å². The van der Waals surface area contributed by atoms with Crippen molar-refractivity contribution in [2.45, 2.75) is 45.8 Å². The Morgan fingerprint density at radius 2 is 2.07 bits per heavy atom. The van der Waals surface area contributed by atoms with Gasteiger partial charge in [0.2, 0.25) is 0 Å². The Morgan fingerprint density at radius 1 is 1.50 bits per heavy atom. The van der Waals surface area contributed by atoms with Gasteiger partial charge in [-0.1, -0.05) is 6.92 Å². The number of nitrogens with one attached hydrogen (secondary N) is 1. The van der Waals surface area contributed by atoms with Crippen molar-refractivity contribution in [3.05, 3.63) is 0 Å². The number of alkyl carbamates (subject to hydrolysis) is 1. The fourth-order valence-corrected chi connectivity index (χ4v) is 0.800. The third kappa shape index (κ3) is 6.68. The second-order valence-electron chi connectivity index (χ2n) is 4.05. The molecule has 0 unspecified atom stereocenters. The lowest BCUT2D eigenvalue weighted by Crippen LogP contribution is -2.38. The molecule has 5 nitrogen and oxygen atoms in total. The molecule has 1 amide bonds. The average Bonchev–Trinajstić information content (AvgIpc) is 2.03. The number of rotatable bonds is 4. The molecule has 0 aliphatic heterocycles. The molecule has 0 rings (SSSR count). The zero-order valence-corrected chi connectivity index (χ0v) is 9.29. The molecular weight excluding hydrogens is 184 g/mol. The summed E-state index contributed by atoms with van der Waals surface area (Å²) >= 11 is 0. The fraction of sp³-hybridized carbons (Fsp3) is 0.889. The van der Waals surface area contributed by atoms with Crippen LogP contribution >= 0.6 is 0 Å². The standard InChI is InChI=1S/C9H20N2O3/c1-5-7(14-10)6-11-8(12)13-9(2,3)4/h7H,5-6,10H2,1-4H3,(H,11,12)/t7-/m1/s1. The molecule has 5 heteroatoms. The van der Waals surface area contributed by atoms with E-state index in [-0.39, 0.29) is 6.10 Å². The van der Waals surface area contributed by atoms with E-state index in [1.807, 2.05) is 27.7 Å². The van der Waals surface area contributed by atoms with Gasteiger partial charge in [0.1, 0.15) is 5.60 Å². The van der Waals surface area contributed by atoms with Crippen LogP contribution in [0.2, 0.25) is 0 Å². The maximum Gasteiger partial charge on any atom is 0.407 e. The summed E-state index contributed by atoms with van der Waals surface area (Å²) < 4.78 is 5.03. The molecule has 14 heavy (non-hydrogen) atoms. The van der Waals surface area contributed by atoms with Gasteiger partial charge in [-0.2, -0.15) is 0 Å². The van der Waals surface area contributed by atoms with Crippen molar-refractivity contribution in [3.8, 4) is 0 Å². The quantitative estimate of drug-likeness (QED) is 0.674. The van der Waals surface area contributed by atoms with Crippen molar-refractivity contribution in [1.82, 2.24) is 5.32 Å². The van der Waals surface area contributed by atoms with Gasteiger partial charge < -0.3 is 10.1 Å². The van der Waals surface area contributed by atoms with E-state index in [1.54, 1.807) is 0 Å². The summed E-state index contributed by atoms with van der Waals surface area (Å²) in [5, 5.41) is 2.57. The number of carbonyl (C=O) groups excluding carboxylic acids is 1. The summed E-state index contributed by atoms with van der Waals surface area (Å²) in [6.07, 6.45) is 0.127. The molecule has 0 aromatic heterocycles. The van der Waals surface area contributed by atoms with E-state index >= 15 is 0 Å². The number of nitrogens with two attached hydrogens (primary N) is 1. The first-order valence-corrected chi connectivity index (χ1v) is 4.71. The Labute approximate surface area is 84.9 Å². The van der Waals surface area contributed by atoms with Crippen molar-refractivity contribution in [1.29, 1.82) is 0 Å². The van der Waals surface area contributed by atoms with Crippen LogP contribution in [-0.2, 0) is 9.57 Å². The minimum Gasteiger partial charge on any atom is -0.444 e. The summed E-state index contributed by atoms with van der Waals surface area (Å²) in [7, 11) is 0. The smallest absolute Gasteiger partial charge is 0.407 e. The summed E-state index contributed by atoms with van der Waals surface area (Å²) in [4.78, 5) is 15.8. The van der Waals surface area contributed by atoms with Gasteiger partial charge in [-0.25, -0.2) is 10.7 Å². The first-order chi connectivity index (χ1) is 6.39. The largest absolute Gasteiger partial charge is 0.444 e. The van der Waals surface area contributed by atoms with E-state index in [9.17, 15) is 4.79 Å². The molecule has 0 saturated carbocycles. The third-order valence-corrected chi connectivity index (χ3v) is 1.52. The summed E-state index contributed by atoms with van der Waals surface area (Å²) in [6.45, 7) is 7.71. The highest BCUT2D eigenvalue weighted by atomic mass is 16.6. The molecule has 3 N–H and O–H groups in total. The Hall–Kier alpha value is -0.810. The molecule has 84 valence electrons. The molecule has 0 saturated heterocycles. The van der Waals surface area contributed by atoms with E-state index in [0.717, 1.165) is 6.42 Å². The van der Waals surface area contributed by atoms with E-state index in [1.165, 1.54) is 0 Å². The van der Waals surface area contributed by atoms with E-state index in [2.05, 4.69) is 10.2 Å². The maximum absolute atomic E-state index is 11.2. The van der Waals surface area contributed by atoms with Crippen molar-refractivity contribution >= 4 is 6.09 Å². The molecule has 0 bridgehead atoms. The van der Waals surface area contributed by atoms with Gasteiger partial charge >= 0.3 is 6.09 Å². The molecule has 0 aromatic rings. The lowest BCUT2D eigenvalue weighted by atomic mass is 10.2. The molecule has 0 fully saturated rings. The van der Waals surface area contributed by atoms with Crippen LogP contribution in [0.15, 0.2) is 0 Å². The Bertz CT molecular complexity index is 173. The highest BCUT2D eigenvalue weighted by Crippen LogP contribution is 2.06. The van der Waals surface area contributed by atoms with Gasteiger partial charge in [0, 0.05) is 6.54 Å². The van der Waals surface area contributed by atoms with E-state index in [0.29, 0.717) is 6.54 Å². The highest BCUT2D eigenvalue weighted by molar-refractivity contribution is 5.67. The van der Waals surface area contributed by atoms with Crippen LogP contribution in [0.25, 0.3) is 0 Å². The van der Waals surface area contributed by atoms with Gasteiger partial charge in [-0.3, -0.25) is 4.84 Å². The fourth-order valence-electron chi connectivity index (χ4n) is 0.800. The molecule has 0 heterocycles. The number of hydrogen-bond acceptors (Lipinski definition) is 4. The first-order valence-electron chi connectivity index (χ1n) is 4.71. The topological polar surface area (TPSA) is 73.6 Å². The van der Waals surface area contributed by atoms with Crippen LogP contribution in [0.3, 0.4) is 0 Å². The van der Waals surface area contributed by atoms with Crippen LogP contribution in [0.5, 0.6) is 0 Å². The zero-order chi connectivity index (χ0) is 11.2. The highest BCUT2D eigenvalue weighted by Gasteiger charge is 2.16. The molecule has 1 atom stereocenters. The third-order valence-electron chi connectivity index (χ3n) is 1.52. The van der Waals surface area contributed by atoms with Crippen LogP contribution in [0.1, 0.15) is 34.1 Å². The predicted octanol–water partition coefficient (Wildman–Crippen LogP) is 1.18. The lowest BCUT2D eigenvalue weighted by molar-refractivity contribution is 0.0334. The molecule has 0 aromatic carbocycles. The molecule has 0 aliphatic carbocycles. The lowest BCUT2D eigenvalue weighted by Gasteiger charge is -2.20. The second kappa shape index (κ2) is 5.82. The predicted molar refractivity (Wildman–Crippen MR) is 53.6 cm³/mol. The van der Waals surface area contributed by atoms with Crippen molar-refractivity contribution < 1.29 is 14.4 Å². The average molecular weight is 204 g/mol. The first kappa shape index (κ1) is 13.2. The number of amides is 1. The molecule has 0 radical (unpaired) electrons. The second-order valence-corrected chi connectivity index (χ2v) is 4.05. The van der Waals surface area contributed by atoms with Crippen LogP contribution in [0.4, 0.5) is 4.79 Å². The van der Waals surface area contributed by atoms with Crippen molar-refractivity contribution in [2.24, 2.45) is 5.90 Å². The minimum atomic E-state index is -0.477. The maximum atomic E-state index is 11.2. The van der Waals surface area contributed by atoms with Crippen LogP contribution in [-0.4, -0.2) is 24.3 Å². The number of hydrogen-bond donors (Lipinski definition) is 2. The van der Waals surface area contributed by atoms with Gasteiger partial charge in [0.05, 0.1) is 6.10 Å². The summed E-state index contributed by atoms with van der Waals surface area (Å²) in [6, 6.07) is 0.